The summed E-state index contributed by atoms with van der Waals surface area (Å²) < 4.78 is 64.7. The summed E-state index contributed by atoms with van der Waals surface area (Å²) in [5.74, 6) is -1.82. The molecule has 16 heteroatoms. The third kappa shape index (κ3) is 9.20. The summed E-state index contributed by atoms with van der Waals surface area (Å²) in [6.07, 6.45) is -3.10. The normalized spacial score (nSPS) is 13.1. The number of halogens is 5. The number of benzene rings is 2. The Hall–Kier alpha value is -3.59. The van der Waals surface area contributed by atoms with Crippen LogP contribution in [0.2, 0.25) is 10.0 Å². The van der Waals surface area contributed by atoms with E-state index in [1.807, 2.05) is 24.3 Å². The van der Waals surface area contributed by atoms with Crippen LogP contribution in [-0.4, -0.2) is 67.9 Å². The first-order chi connectivity index (χ1) is 20.2. The Morgan fingerprint density at radius 2 is 1.77 bits per heavy atom. The van der Waals surface area contributed by atoms with Crippen molar-refractivity contribution < 1.29 is 40.7 Å². The monoisotopic (exact) mass is 662 g/mol. The van der Waals surface area contributed by atoms with Gasteiger partial charge in [-0.05, 0) is 30.2 Å². The number of furan rings is 1. The quantitative estimate of drug-likeness (QED) is 0.284. The molecule has 0 radical (unpaired) electrons. The number of carboxylic acids is 1. The Morgan fingerprint density at radius 3 is 2.30 bits per heavy atom. The van der Waals surface area contributed by atoms with Gasteiger partial charge in [-0.1, -0.05) is 60.5 Å². The Labute approximate surface area is 255 Å². The van der Waals surface area contributed by atoms with Crippen LogP contribution >= 0.6 is 23.2 Å². The van der Waals surface area contributed by atoms with Crippen molar-refractivity contribution in [1.29, 1.82) is 0 Å². The predicted octanol–water partition coefficient (Wildman–Crippen LogP) is 4.75. The molecule has 0 spiro atoms. The molecule has 1 aliphatic rings. The first-order valence-electron chi connectivity index (χ1n) is 12.7. The number of amidine groups is 1. The largest absolute Gasteiger partial charge is 0.490 e. The molecule has 232 valence electrons. The van der Waals surface area contributed by atoms with Gasteiger partial charge in [-0.2, -0.15) is 17.5 Å². The number of carboxylic acid groups (broad SMARTS) is 1. The lowest BCUT2D eigenvalue weighted by atomic mass is 10.1. The molecule has 43 heavy (non-hydrogen) atoms. The van der Waals surface area contributed by atoms with Crippen LogP contribution in [0.3, 0.4) is 0 Å². The van der Waals surface area contributed by atoms with Gasteiger partial charge in [0.25, 0.3) is 5.91 Å². The summed E-state index contributed by atoms with van der Waals surface area (Å²) >= 11 is 12.2. The summed E-state index contributed by atoms with van der Waals surface area (Å²) in [5.41, 5.74) is 2.45. The van der Waals surface area contributed by atoms with E-state index in [0.717, 1.165) is 30.1 Å². The lowest BCUT2D eigenvalue weighted by Gasteiger charge is -2.20. The van der Waals surface area contributed by atoms with E-state index >= 15 is 0 Å². The molecule has 0 saturated carbocycles. The fourth-order valence-electron chi connectivity index (χ4n) is 3.82. The number of aliphatic carboxylic acids is 1. The lowest BCUT2D eigenvalue weighted by Crippen LogP contribution is -2.30. The standard InChI is InChI=1S/C25H26Cl2N4O4S.C2HF3O2/c1-2-31(36(33,34)23-21(26)4-3-5-22(23)27)15-20-14-19(16-35-20)25(32)30-11-10-17-6-8-18(9-7-17)24-28-12-13-29-24;3-2(4,5)1(6)7/h3-9,14,16H,2,10-13,15H2,1H3,(H,28,29)(H,30,32);(H,6,7). The van der Waals surface area contributed by atoms with E-state index in [9.17, 15) is 26.4 Å². The van der Waals surface area contributed by atoms with Crippen LogP contribution in [0.5, 0.6) is 0 Å². The van der Waals surface area contributed by atoms with Crippen molar-refractivity contribution in [2.75, 3.05) is 26.2 Å². The number of nitrogens with one attached hydrogen (secondary N) is 2. The first-order valence-corrected chi connectivity index (χ1v) is 14.9. The van der Waals surface area contributed by atoms with Crippen LogP contribution in [0, 0.1) is 0 Å². The van der Waals surface area contributed by atoms with Gasteiger partial charge in [0.05, 0.1) is 28.7 Å². The van der Waals surface area contributed by atoms with Crippen LogP contribution in [0.25, 0.3) is 0 Å². The van der Waals surface area contributed by atoms with E-state index in [-0.39, 0.29) is 33.9 Å². The molecule has 0 fully saturated rings. The molecule has 2 aromatic carbocycles. The van der Waals surface area contributed by atoms with Crippen LogP contribution in [-0.2, 0) is 27.8 Å². The van der Waals surface area contributed by atoms with Crippen molar-refractivity contribution in [2.45, 2.75) is 31.0 Å². The second-order valence-electron chi connectivity index (χ2n) is 8.95. The Bertz CT molecular complexity index is 1560. The number of carbonyl (C=O) groups excluding carboxylic acids is 1. The van der Waals surface area contributed by atoms with Crippen molar-refractivity contribution in [1.82, 2.24) is 14.9 Å². The van der Waals surface area contributed by atoms with Gasteiger partial charge in [-0.25, -0.2) is 13.2 Å². The van der Waals surface area contributed by atoms with Crippen molar-refractivity contribution in [3.05, 3.63) is 87.3 Å². The van der Waals surface area contributed by atoms with E-state index < -0.39 is 22.2 Å². The highest BCUT2D eigenvalue weighted by Crippen LogP contribution is 2.32. The molecule has 1 aliphatic heterocycles. The van der Waals surface area contributed by atoms with Gasteiger partial charge in [-0.15, -0.1) is 0 Å². The number of hydrogen-bond donors (Lipinski definition) is 3. The third-order valence-electron chi connectivity index (χ3n) is 5.96. The molecule has 2 heterocycles. The average molecular weight is 664 g/mol. The highest BCUT2D eigenvalue weighted by Gasteiger charge is 2.38. The minimum Gasteiger partial charge on any atom is -0.475 e. The predicted molar refractivity (Wildman–Crippen MR) is 154 cm³/mol. The SMILES string of the molecule is CCN(Cc1cc(C(=O)NCCc2ccc(C3=NCCN3)cc2)co1)S(=O)(=O)c1c(Cl)cccc1Cl.O=C(O)C(F)(F)F. The molecule has 3 aromatic rings. The van der Waals surface area contributed by atoms with Crippen molar-refractivity contribution >= 4 is 50.9 Å². The van der Waals surface area contributed by atoms with E-state index in [4.69, 9.17) is 37.5 Å². The van der Waals surface area contributed by atoms with Gasteiger partial charge in [0.2, 0.25) is 10.0 Å². The van der Waals surface area contributed by atoms with Crippen LogP contribution < -0.4 is 10.6 Å². The van der Waals surface area contributed by atoms with Crippen molar-refractivity contribution in [3.63, 3.8) is 0 Å². The molecule has 3 N–H and O–H groups in total. The highest BCUT2D eigenvalue weighted by molar-refractivity contribution is 7.89. The van der Waals surface area contributed by atoms with Crippen LogP contribution in [0.1, 0.15) is 34.2 Å². The number of amides is 1. The summed E-state index contributed by atoms with van der Waals surface area (Å²) in [6, 6.07) is 14.1. The molecular formula is C27H27Cl2F3N4O6S. The topological polar surface area (TPSA) is 141 Å². The summed E-state index contributed by atoms with van der Waals surface area (Å²) in [6.45, 7) is 3.89. The highest BCUT2D eigenvalue weighted by atomic mass is 35.5. The molecule has 0 aliphatic carbocycles. The van der Waals surface area contributed by atoms with Gasteiger partial charge in [0.15, 0.2) is 0 Å². The lowest BCUT2D eigenvalue weighted by molar-refractivity contribution is -0.192. The molecule has 0 unspecified atom stereocenters. The molecule has 0 saturated heterocycles. The second-order valence-corrected chi connectivity index (χ2v) is 11.6. The Morgan fingerprint density at radius 1 is 1.14 bits per heavy atom. The summed E-state index contributed by atoms with van der Waals surface area (Å²) in [7, 11) is -3.98. The maximum Gasteiger partial charge on any atom is 0.490 e. The minimum absolute atomic E-state index is 0.0408. The number of nitrogens with zero attached hydrogens (tertiary/aromatic N) is 2. The van der Waals surface area contributed by atoms with Crippen molar-refractivity contribution in [2.24, 2.45) is 4.99 Å². The number of carbonyl (C=O) groups is 2. The van der Waals surface area contributed by atoms with Crippen molar-refractivity contribution in [3.8, 4) is 0 Å². The third-order valence-corrected chi connectivity index (χ3v) is 8.84. The summed E-state index contributed by atoms with van der Waals surface area (Å²) in [4.78, 5) is 25.7. The zero-order valence-corrected chi connectivity index (χ0v) is 24.9. The number of hydrogen-bond acceptors (Lipinski definition) is 7. The second kappa shape index (κ2) is 14.7. The van der Waals surface area contributed by atoms with Gasteiger partial charge >= 0.3 is 12.1 Å². The van der Waals surface area contributed by atoms with E-state index in [2.05, 4.69) is 15.6 Å². The molecule has 4 rings (SSSR count). The number of alkyl halides is 3. The molecule has 0 bridgehead atoms. The smallest absolute Gasteiger partial charge is 0.475 e. The van der Waals surface area contributed by atoms with Gasteiger partial charge in [-0.3, -0.25) is 9.79 Å². The van der Waals surface area contributed by atoms with Gasteiger partial charge in [0.1, 0.15) is 22.8 Å². The van der Waals surface area contributed by atoms with E-state index in [0.29, 0.717) is 24.3 Å². The number of aliphatic imine (C=N–C) groups is 1. The summed E-state index contributed by atoms with van der Waals surface area (Å²) in [5, 5.41) is 13.3. The average Bonchev–Trinajstić information content (AvgIpc) is 3.64. The minimum atomic E-state index is -5.08. The fourth-order valence-corrected chi connectivity index (χ4v) is 6.33. The fraction of sp³-hybridized carbons (Fsp3) is 0.296. The zero-order chi connectivity index (χ0) is 31.8. The number of sulfonamides is 1. The van der Waals surface area contributed by atoms with Gasteiger partial charge < -0.3 is 20.2 Å². The van der Waals surface area contributed by atoms with Gasteiger partial charge in [0, 0.05) is 25.2 Å². The molecule has 0 atom stereocenters. The van der Waals surface area contributed by atoms with Crippen LogP contribution in [0.15, 0.2) is 69.1 Å². The zero-order valence-electron chi connectivity index (χ0n) is 22.6. The maximum atomic E-state index is 13.1. The van der Waals surface area contributed by atoms with Crippen LogP contribution in [0.4, 0.5) is 13.2 Å². The van der Waals surface area contributed by atoms with E-state index in [1.54, 1.807) is 13.0 Å². The molecule has 10 nitrogen and oxygen atoms in total. The Balaban J connectivity index is 0.000000646. The maximum absolute atomic E-state index is 13.1. The molecule has 1 amide bonds. The number of rotatable bonds is 10. The Kier molecular flexibility index (Phi) is 11.6. The first kappa shape index (κ1) is 33.9. The molecule has 1 aromatic heterocycles. The molecular weight excluding hydrogens is 636 g/mol. The van der Waals surface area contributed by atoms with E-state index in [1.165, 1.54) is 28.8 Å².